The van der Waals surface area contributed by atoms with Gasteiger partial charge in [-0.15, -0.1) is 0 Å². The van der Waals surface area contributed by atoms with E-state index in [1.165, 1.54) is 0 Å². The summed E-state index contributed by atoms with van der Waals surface area (Å²) in [6.07, 6.45) is 4.29. The molecular formula is C37H55FN6O4Si. The van der Waals surface area contributed by atoms with E-state index >= 15 is 4.39 Å². The van der Waals surface area contributed by atoms with Crippen molar-refractivity contribution in [3.05, 3.63) is 36.5 Å². The summed E-state index contributed by atoms with van der Waals surface area (Å²) in [6, 6.07) is 11.5. The molecule has 2 aliphatic heterocycles. The molecule has 6 rings (SSSR count). The van der Waals surface area contributed by atoms with Gasteiger partial charge in [0.2, 0.25) is 0 Å². The number of rotatable bonds is 11. The highest BCUT2D eigenvalue weighted by molar-refractivity contribution is 6.76. The zero-order chi connectivity index (χ0) is 35.0. The summed E-state index contributed by atoms with van der Waals surface area (Å²) < 4.78 is 35.8. The van der Waals surface area contributed by atoms with Gasteiger partial charge in [0.1, 0.15) is 40.9 Å². The Hall–Kier alpha value is -3.22. The first-order valence-electron chi connectivity index (χ1n) is 18.0. The Morgan fingerprint density at radius 2 is 1.69 bits per heavy atom. The first kappa shape index (κ1) is 35.6. The van der Waals surface area contributed by atoms with E-state index in [1.807, 2.05) is 43.8 Å². The lowest BCUT2D eigenvalue weighted by molar-refractivity contribution is -0.00638. The van der Waals surface area contributed by atoms with Crippen LogP contribution in [-0.2, 0) is 16.2 Å². The third-order valence-corrected chi connectivity index (χ3v) is 11.5. The average Bonchev–Trinajstić information content (AvgIpc) is 3.64. The highest BCUT2D eigenvalue weighted by atomic mass is 28.3. The molecule has 1 aliphatic carbocycles. The van der Waals surface area contributed by atoms with Crippen LogP contribution in [0.2, 0.25) is 25.7 Å². The van der Waals surface area contributed by atoms with Crippen LogP contribution < -0.4 is 9.64 Å². The fourth-order valence-electron chi connectivity index (χ4n) is 6.47. The molecule has 1 saturated carbocycles. The van der Waals surface area contributed by atoms with E-state index in [0.29, 0.717) is 39.2 Å². The molecule has 0 atom stereocenters. The number of halogens is 1. The number of piperazine rings is 1. The maximum atomic E-state index is 15.9. The second-order valence-corrected chi connectivity index (χ2v) is 22.3. The van der Waals surface area contributed by atoms with Crippen LogP contribution in [0.15, 0.2) is 36.5 Å². The van der Waals surface area contributed by atoms with Gasteiger partial charge in [-0.25, -0.2) is 18.9 Å². The molecule has 49 heavy (non-hydrogen) atoms. The molecule has 1 amide bonds. The number of fused-ring (bicyclic) bond motifs is 1. The molecule has 3 aromatic rings. The van der Waals surface area contributed by atoms with Crippen molar-refractivity contribution >= 4 is 30.9 Å². The maximum absolute atomic E-state index is 15.9. The minimum atomic E-state index is -1.31. The zero-order valence-corrected chi connectivity index (χ0v) is 31.6. The quantitative estimate of drug-likeness (QED) is 0.154. The van der Waals surface area contributed by atoms with Crippen molar-refractivity contribution in [2.24, 2.45) is 0 Å². The van der Waals surface area contributed by atoms with Gasteiger partial charge in [-0.2, -0.15) is 5.10 Å². The topological polar surface area (TPSA) is 85.2 Å². The van der Waals surface area contributed by atoms with E-state index in [9.17, 15) is 4.79 Å². The van der Waals surface area contributed by atoms with Crippen molar-refractivity contribution in [3.63, 3.8) is 0 Å². The molecule has 3 aliphatic rings. The molecule has 0 N–H and O–H groups in total. The minimum absolute atomic E-state index is 0.0744. The van der Waals surface area contributed by atoms with E-state index in [0.717, 1.165) is 85.4 Å². The Kier molecular flexibility index (Phi) is 10.0. The molecule has 2 aromatic heterocycles. The number of likely N-dealkylation sites (tertiary alicyclic amines) is 1. The van der Waals surface area contributed by atoms with Gasteiger partial charge >= 0.3 is 6.09 Å². The fourth-order valence-corrected chi connectivity index (χ4v) is 7.23. The van der Waals surface area contributed by atoms with Crippen molar-refractivity contribution in [1.29, 1.82) is 0 Å². The number of amides is 1. The Morgan fingerprint density at radius 1 is 0.980 bits per heavy atom. The van der Waals surface area contributed by atoms with Gasteiger partial charge in [0.15, 0.2) is 0 Å². The molecule has 0 radical (unpaired) electrons. The number of piperidine rings is 1. The van der Waals surface area contributed by atoms with Crippen molar-refractivity contribution in [2.45, 2.75) is 103 Å². The Bertz CT molecular complexity index is 1620. The first-order valence-corrected chi connectivity index (χ1v) is 21.7. The van der Waals surface area contributed by atoms with Crippen LogP contribution in [0.5, 0.6) is 5.75 Å². The number of anilines is 1. The highest BCUT2D eigenvalue weighted by Crippen LogP contribution is 2.41. The van der Waals surface area contributed by atoms with Gasteiger partial charge in [-0.1, -0.05) is 19.6 Å². The lowest BCUT2D eigenvalue weighted by Gasteiger charge is -2.42. The highest BCUT2D eigenvalue weighted by Gasteiger charge is 2.41. The summed E-state index contributed by atoms with van der Waals surface area (Å²) in [5.41, 5.74) is 0.951. The Labute approximate surface area is 291 Å². The van der Waals surface area contributed by atoms with Gasteiger partial charge in [0, 0.05) is 90.5 Å². The third kappa shape index (κ3) is 9.32. The van der Waals surface area contributed by atoms with Crippen molar-refractivity contribution in [1.82, 2.24) is 24.6 Å². The summed E-state index contributed by atoms with van der Waals surface area (Å²) in [7, 11) is -1.20. The Morgan fingerprint density at radius 3 is 2.35 bits per heavy atom. The standard InChI is InChI=1S/C37H55FN6O4Si/c1-35(2,3)48-34(45)43-16-13-37(38,14-17-43)26-41-18-20-42(21-19-41)32-24-28(10-15-39-32)33-30-25-29(47-36(4)11-12-36)8-9-31(30)44(40-33)27-46-22-23-49(5,6)7/h8-10,15,24-25H,11-14,16-23,26-27H2,1-7H3. The van der Waals surface area contributed by atoms with Gasteiger partial charge in [0.25, 0.3) is 0 Å². The largest absolute Gasteiger partial charge is 0.488 e. The van der Waals surface area contributed by atoms with Gasteiger partial charge in [-0.3, -0.25) is 4.90 Å². The van der Waals surface area contributed by atoms with Crippen LogP contribution in [0.25, 0.3) is 22.2 Å². The number of ether oxygens (including phenoxy) is 3. The van der Waals surface area contributed by atoms with E-state index in [-0.39, 0.29) is 11.7 Å². The summed E-state index contributed by atoms with van der Waals surface area (Å²) in [5, 5.41) is 6.10. The van der Waals surface area contributed by atoms with E-state index in [2.05, 4.69) is 54.6 Å². The predicted octanol–water partition coefficient (Wildman–Crippen LogP) is 7.20. The van der Waals surface area contributed by atoms with Crippen LogP contribution in [0.1, 0.15) is 53.4 Å². The maximum Gasteiger partial charge on any atom is 0.410 e. The molecule has 268 valence electrons. The van der Waals surface area contributed by atoms with Crippen molar-refractivity contribution in [3.8, 4) is 17.0 Å². The van der Waals surface area contributed by atoms with Gasteiger partial charge in [-0.05, 0) is 76.9 Å². The van der Waals surface area contributed by atoms with Crippen LogP contribution >= 0.6 is 0 Å². The average molecular weight is 695 g/mol. The molecule has 4 heterocycles. The molecule has 10 nitrogen and oxygen atoms in total. The molecule has 0 bridgehead atoms. The van der Waals surface area contributed by atoms with Gasteiger partial charge in [0.05, 0.1) is 5.52 Å². The Balaban J connectivity index is 1.11. The van der Waals surface area contributed by atoms with Crippen LogP contribution in [0.3, 0.4) is 0 Å². The number of hydrogen-bond donors (Lipinski definition) is 0. The van der Waals surface area contributed by atoms with Crippen LogP contribution in [-0.4, -0.2) is 108 Å². The number of pyridine rings is 1. The SMILES string of the molecule is CC(C)(C)OC(=O)N1CCC(F)(CN2CCN(c3cc(-c4nn(COCC[Si](C)(C)C)c5ccc(OC6(C)CC6)cc45)ccn3)CC2)CC1. The predicted molar refractivity (Wildman–Crippen MR) is 195 cm³/mol. The lowest BCUT2D eigenvalue weighted by atomic mass is 9.92. The second-order valence-electron chi connectivity index (χ2n) is 16.7. The van der Waals surface area contributed by atoms with Gasteiger partial charge < -0.3 is 24.0 Å². The number of alkyl halides is 1. The first-order chi connectivity index (χ1) is 23.1. The van der Waals surface area contributed by atoms with Crippen molar-refractivity contribution < 1.29 is 23.4 Å². The molecule has 12 heteroatoms. The smallest absolute Gasteiger partial charge is 0.410 e. The van der Waals surface area contributed by atoms with E-state index in [1.54, 1.807) is 4.90 Å². The molecule has 0 spiro atoms. The third-order valence-electron chi connectivity index (χ3n) is 9.78. The molecule has 3 fully saturated rings. The summed E-state index contributed by atoms with van der Waals surface area (Å²) in [5.74, 6) is 1.75. The van der Waals surface area contributed by atoms with Crippen molar-refractivity contribution in [2.75, 3.05) is 57.3 Å². The monoisotopic (exact) mass is 694 g/mol. The number of carbonyl (C=O) groups is 1. The normalized spacial score (nSPS) is 19.7. The fraction of sp³-hybridized carbons (Fsp3) is 0.649. The van der Waals surface area contributed by atoms with Crippen LogP contribution in [0.4, 0.5) is 15.0 Å². The minimum Gasteiger partial charge on any atom is -0.488 e. The van der Waals surface area contributed by atoms with E-state index in [4.69, 9.17) is 24.3 Å². The molecule has 2 saturated heterocycles. The molecular weight excluding hydrogens is 640 g/mol. The number of nitrogens with zero attached hydrogens (tertiary/aromatic N) is 6. The molecule has 0 unspecified atom stereocenters. The number of benzene rings is 1. The molecule has 1 aromatic carbocycles. The van der Waals surface area contributed by atoms with E-state index < -0.39 is 19.3 Å². The summed E-state index contributed by atoms with van der Waals surface area (Å²) in [4.78, 5) is 23.3. The second kappa shape index (κ2) is 13.8. The lowest BCUT2D eigenvalue weighted by Crippen LogP contribution is -2.54. The summed E-state index contributed by atoms with van der Waals surface area (Å²) in [6.45, 7) is 20.1. The zero-order valence-electron chi connectivity index (χ0n) is 30.6. The number of carbonyl (C=O) groups excluding carboxylic acids is 1. The van der Waals surface area contributed by atoms with Crippen LogP contribution in [0, 0.1) is 0 Å². The summed E-state index contributed by atoms with van der Waals surface area (Å²) >= 11 is 0. The number of hydrogen-bond acceptors (Lipinski definition) is 8. The number of aromatic nitrogens is 3.